The van der Waals surface area contributed by atoms with Gasteiger partial charge in [0, 0.05) is 11.4 Å². The molecule has 3 aromatic rings. The monoisotopic (exact) mass is 467 g/mol. The predicted molar refractivity (Wildman–Crippen MR) is 134 cm³/mol. The molecular weight excluding hydrogens is 434 g/mol. The first kappa shape index (κ1) is 24.8. The van der Waals surface area contributed by atoms with Gasteiger partial charge in [0.1, 0.15) is 5.76 Å². The van der Waals surface area contributed by atoms with Gasteiger partial charge >= 0.3 is 0 Å². The van der Waals surface area contributed by atoms with Crippen molar-refractivity contribution in [3.63, 3.8) is 0 Å². The van der Waals surface area contributed by atoms with Crippen molar-refractivity contribution in [3.8, 4) is 11.5 Å². The highest BCUT2D eigenvalue weighted by molar-refractivity contribution is 7.98. The quantitative estimate of drug-likeness (QED) is 0.382. The predicted octanol–water partition coefficient (Wildman–Crippen LogP) is 6.17. The summed E-state index contributed by atoms with van der Waals surface area (Å²) >= 11 is 1.73. The van der Waals surface area contributed by atoms with Gasteiger partial charge in [-0.05, 0) is 65.8 Å². The highest BCUT2D eigenvalue weighted by atomic mass is 32.2. The second-order valence-corrected chi connectivity index (χ2v) is 10.00. The molecule has 0 fully saturated rings. The van der Waals surface area contributed by atoms with E-state index in [4.69, 9.17) is 13.9 Å². The Morgan fingerprint density at radius 2 is 1.76 bits per heavy atom. The number of carbonyl (C=O) groups is 1. The molecule has 5 nitrogen and oxygen atoms in total. The van der Waals surface area contributed by atoms with E-state index in [0.717, 1.165) is 11.3 Å². The summed E-state index contributed by atoms with van der Waals surface area (Å²) in [5.41, 5.74) is 3.71. The number of furan rings is 1. The smallest absolute Gasteiger partial charge is 0.287 e. The number of amides is 1. The van der Waals surface area contributed by atoms with Crippen molar-refractivity contribution in [1.29, 1.82) is 0 Å². The van der Waals surface area contributed by atoms with Crippen LogP contribution in [0.3, 0.4) is 0 Å². The zero-order valence-electron chi connectivity index (χ0n) is 20.3. The molecule has 0 spiro atoms. The molecule has 0 atom stereocenters. The Labute approximate surface area is 200 Å². The number of rotatable bonds is 9. The summed E-state index contributed by atoms with van der Waals surface area (Å²) in [4.78, 5) is 13.7. The Morgan fingerprint density at radius 1 is 1.00 bits per heavy atom. The van der Waals surface area contributed by atoms with Crippen molar-refractivity contribution in [3.05, 3.63) is 76.7 Å². The third-order valence-electron chi connectivity index (χ3n) is 5.46. The van der Waals surface area contributed by atoms with Gasteiger partial charge in [0.05, 0.1) is 20.0 Å². The van der Waals surface area contributed by atoms with Crippen LogP contribution in [0.4, 0.5) is 0 Å². The molecule has 0 aliphatic carbocycles. The average molecular weight is 468 g/mol. The molecule has 3 rings (SSSR count). The van der Waals surface area contributed by atoms with E-state index in [2.05, 4.69) is 51.2 Å². The minimum absolute atomic E-state index is 0.107. The molecule has 33 heavy (non-hydrogen) atoms. The molecule has 1 amide bonds. The van der Waals surface area contributed by atoms with E-state index in [1.165, 1.54) is 16.0 Å². The molecule has 0 radical (unpaired) electrons. The van der Waals surface area contributed by atoms with Gasteiger partial charge in [-0.15, -0.1) is 11.8 Å². The Morgan fingerprint density at radius 3 is 2.45 bits per heavy atom. The van der Waals surface area contributed by atoms with Crippen LogP contribution in [0.15, 0.2) is 57.8 Å². The lowest BCUT2D eigenvalue weighted by Crippen LogP contribution is -2.25. The fraction of sp³-hybridized carbons (Fsp3) is 0.370. The van der Waals surface area contributed by atoms with Crippen LogP contribution >= 0.6 is 11.8 Å². The third kappa shape index (κ3) is 6.57. The van der Waals surface area contributed by atoms with Gasteiger partial charge in [-0.1, -0.05) is 39.0 Å². The maximum Gasteiger partial charge on any atom is 0.287 e. The van der Waals surface area contributed by atoms with E-state index >= 15 is 0 Å². The van der Waals surface area contributed by atoms with Gasteiger partial charge in [-0.3, -0.25) is 4.79 Å². The van der Waals surface area contributed by atoms with Gasteiger partial charge in [0.25, 0.3) is 5.91 Å². The van der Waals surface area contributed by atoms with Crippen LogP contribution in [0.5, 0.6) is 11.5 Å². The number of methoxy groups -OCH3 is 2. The molecule has 1 aromatic heterocycles. The zero-order chi connectivity index (χ0) is 24.0. The summed E-state index contributed by atoms with van der Waals surface area (Å²) in [5, 5.41) is 2.92. The number of nitrogens with one attached hydrogen (secondary N) is 1. The molecule has 1 N–H and O–H groups in total. The number of thioether (sulfide) groups is 1. The minimum Gasteiger partial charge on any atom is -0.493 e. The first-order chi connectivity index (χ1) is 15.7. The van der Waals surface area contributed by atoms with E-state index in [1.54, 1.807) is 32.0 Å². The van der Waals surface area contributed by atoms with Crippen LogP contribution in [-0.4, -0.2) is 26.7 Å². The lowest BCUT2D eigenvalue weighted by molar-refractivity contribution is 0.0925. The molecular formula is C27H33NO4S. The summed E-state index contributed by atoms with van der Waals surface area (Å²) in [6.45, 7) is 9.27. The van der Waals surface area contributed by atoms with E-state index in [-0.39, 0.29) is 11.3 Å². The van der Waals surface area contributed by atoms with E-state index in [1.807, 2.05) is 24.3 Å². The second-order valence-electron chi connectivity index (χ2n) is 8.98. The number of aryl methyl sites for hydroxylation is 1. The highest BCUT2D eigenvalue weighted by Gasteiger charge is 2.16. The third-order valence-corrected chi connectivity index (χ3v) is 6.64. The van der Waals surface area contributed by atoms with Gasteiger partial charge in [0.15, 0.2) is 17.3 Å². The van der Waals surface area contributed by atoms with Crippen LogP contribution in [0, 0.1) is 6.92 Å². The zero-order valence-corrected chi connectivity index (χ0v) is 21.1. The van der Waals surface area contributed by atoms with Crippen molar-refractivity contribution in [2.24, 2.45) is 0 Å². The highest BCUT2D eigenvalue weighted by Crippen LogP contribution is 2.32. The van der Waals surface area contributed by atoms with Gasteiger partial charge < -0.3 is 19.2 Å². The summed E-state index contributed by atoms with van der Waals surface area (Å²) in [7, 11) is 3.22. The number of carbonyl (C=O) groups excluding carboxylic acids is 1. The molecule has 1 heterocycles. The molecule has 0 unspecified atom stereocenters. The minimum atomic E-state index is -0.211. The van der Waals surface area contributed by atoms with Crippen LogP contribution in [0.25, 0.3) is 0 Å². The van der Waals surface area contributed by atoms with Gasteiger partial charge in [0.2, 0.25) is 0 Å². The SMILES string of the molecule is COc1ccc(CCNC(=O)c2ccc(CSc3cc(C(C)(C)C)ccc3C)o2)cc1OC. The second kappa shape index (κ2) is 10.8. The van der Waals surface area contributed by atoms with Crippen molar-refractivity contribution in [2.45, 2.75) is 50.2 Å². The van der Waals surface area contributed by atoms with Gasteiger partial charge in [-0.2, -0.15) is 0 Å². The average Bonchev–Trinajstić information content (AvgIpc) is 3.26. The summed E-state index contributed by atoms with van der Waals surface area (Å²) in [6, 6.07) is 16.0. The topological polar surface area (TPSA) is 60.7 Å². The number of hydrogen-bond acceptors (Lipinski definition) is 5. The van der Waals surface area contributed by atoms with E-state index < -0.39 is 0 Å². The van der Waals surface area contributed by atoms with Gasteiger partial charge in [-0.25, -0.2) is 0 Å². The number of ether oxygens (including phenoxy) is 2. The maximum atomic E-state index is 12.5. The fourth-order valence-electron chi connectivity index (χ4n) is 3.39. The number of benzene rings is 2. The van der Waals surface area contributed by atoms with Crippen LogP contribution in [0.1, 0.15) is 53.8 Å². The Kier molecular flexibility index (Phi) is 8.14. The first-order valence-electron chi connectivity index (χ1n) is 11.0. The Balaban J connectivity index is 1.53. The first-order valence-corrected chi connectivity index (χ1v) is 12.0. The van der Waals surface area contributed by atoms with Crippen LogP contribution in [0.2, 0.25) is 0 Å². The lowest BCUT2D eigenvalue weighted by Gasteiger charge is -2.20. The van der Waals surface area contributed by atoms with Crippen molar-refractivity contribution < 1.29 is 18.7 Å². The molecule has 0 aliphatic heterocycles. The normalized spacial score (nSPS) is 11.3. The molecule has 0 saturated carbocycles. The maximum absolute atomic E-state index is 12.5. The van der Waals surface area contributed by atoms with Crippen molar-refractivity contribution >= 4 is 17.7 Å². The number of hydrogen-bond donors (Lipinski definition) is 1. The summed E-state index contributed by atoms with van der Waals surface area (Å²) in [6.07, 6.45) is 0.679. The molecule has 176 valence electrons. The summed E-state index contributed by atoms with van der Waals surface area (Å²) < 4.78 is 16.4. The van der Waals surface area contributed by atoms with E-state index in [9.17, 15) is 4.79 Å². The lowest BCUT2D eigenvalue weighted by atomic mass is 9.87. The molecule has 2 aromatic carbocycles. The Bertz CT molecular complexity index is 1100. The fourth-order valence-corrected chi connectivity index (χ4v) is 4.35. The Hall–Kier alpha value is -2.86. The standard InChI is InChI=1S/C27H33NO4S/c1-18-7-9-20(27(2,3)4)16-25(18)33-17-21-10-12-23(32-21)26(29)28-14-13-19-8-11-22(30-5)24(15-19)31-6/h7-12,15-16H,13-14,17H2,1-6H3,(H,28,29). The molecule has 6 heteroatoms. The molecule has 0 saturated heterocycles. The molecule has 0 bridgehead atoms. The molecule has 0 aliphatic rings. The van der Waals surface area contributed by atoms with Crippen LogP contribution < -0.4 is 14.8 Å². The van der Waals surface area contributed by atoms with Crippen molar-refractivity contribution in [2.75, 3.05) is 20.8 Å². The van der Waals surface area contributed by atoms with Crippen LogP contribution in [-0.2, 0) is 17.6 Å². The van der Waals surface area contributed by atoms with Crippen molar-refractivity contribution in [1.82, 2.24) is 5.32 Å². The van der Waals surface area contributed by atoms with E-state index in [0.29, 0.717) is 36.0 Å². The summed E-state index contributed by atoms with van der Waals surface area (Å²) in [5.74, 6) is 2.94. The largest absolute Gasteiger partial charge is 0.493 e.